The zero-order chi connectivity index (χ0) is 28.9. The van der Waals surface area contributed by atoms with Crippen LogP contribution in [0.4, 0.5) is 11.4 Å². The lowest BCUT2D eigenvalue weighted by atomic mass is 9.96. The first-order chi connectivity index (χ1) is 19.9. The van der Waals surface area contributed by atoms with Crippen molar-refractivity contribution in [1.29, 1.82) is 0 Å². The summed E-state index contributed by atoms with van der Waals surface area (Å²) in [5, 5.41) is 7.15. The van der Waals surface area contributed by atoms with Gasteiger partial charge in [0.2, 0.25) is 5.91 Å². The molecule has 2 aromatic carbocycles. The van der Waals surface area contributed by atoms with Gasteiger partial charge in [-0.3, -0.25) is 9.78 Å². The van der Waals surface area contributed by atoms with E-state index in [1.165, 1.54) is 11.3 Å². The number of pyridine rings is 1. The Balaban J connectivity index is 1.46. The number of carbonyl (C=O) groups excluding carboxylic acids is 1. The highest BCUT2D eigenvalue weighted by Gasteiger charge is 2.41. The lowest BCUT2D eigenvalue weighted by molar-refractivity contribution is -0.116. The fraction of sp³-hybridized carbons (Fsp3) is 0.303. The number of benzene rings is 2. The number of para-hydroxylation sites is 1. The van der Waals surface area contributed by atoms with Crippen LogP contribution in [0, 0.1) is 13.8 Å². The number of nitrogens with one attached hydrogen (secondary N) is 2. The van der Waals surface area contributed by atoms with E-state index in [0.29, 0.717) is 18.1 Å². The van der Waals surface area contributed by atoms with E-state index in [-0.39, 0.29) is 18.0 Å². The molecular formula is C33H38N6OS. The predicted molar refractivity (Wildman–Crippen MR) is 171 cm³/mol. The third-order valence-corrected chi connectivity index (χ3v) is 8.21. The Labute approximate surface area is 248 Å². The number of anilines is 2. The molecule has 2 aromatic heterocycles. The predicted octanol–water partition coefficient (Wildman–Crippen LogP) is 6.34. The van der Waals surface area contributed by atoms with Crippen LogP contribution in [0.25, 0.3) is 5.69 Å². The van der Waals surface area contributed by atoms with Gasteiger partial charge in [0, 0.05) is 60.7 Å². The number of nitrogens with zero attached hydrogens (tertiary/aromatic N) is 4. The molecule has 1 saturated heterocycles. The van der Waals surface area contributed by atoms with E-state index < -0.39 is 0 Å². The molecule has 0 radical (unpaired) electrons. The summed E-state index contributed by atoms with van der Waals surface area (Å²) in [5.74, 6) is -0.0437. The van der Waals surface area contributed by atoms with E-state index in [1.54, 1.807) is 0 Å². The van der Waals surface area contributed by atoms with E-state index >= 15 is 0 Å². The fourth-order valence-electron chi connectivity index (χ4n) is 5.84. The zero-order valence-electron chi connectivity index (χ0n) is 24.2. The number of rotatable bonds is 10. The number of amides is 1. The van der Waals surface area contributed by atoms with Crippen molar-refractivity contribution in [3.8, 4) is 5.69 Å². The van der Waals surface area contributed by atoms with Crippen molar-refractivity contribution in [3.05, 3.63) is 108 Å². The number of aromatic nitrogens is 2. The van der Waals surface area contributed by atoms with E-state index in [9.17, 15) is 4.79 Å². The van der Waals surface area contributed by atoms with E-state index in [2.05, 4.69) is 88.0 Å². The van der Waals surface area contributed by atoms with Gasteiger partial charge in [0.05, 0.1) is 17.8 Å². The minimum Gasteiger partial charge on any atom is -0.372 e. The number of thiocarbonyl (C=S) groups is 1. The van der Waals surface area contributed by atoms with Crippen LogP contribution in [0.3, 0.4) is 0 Å². The number of hydrogen-bond acceptors (Lipinski definition) is 4. The molecule has 41 heavy (non-hydrogen) atoms. The molecule has 4 aromatic rings. The zero-order valence-corrected chi connectivity index (χ0v) is 25.0. The van der Waals surface area contributed by atoms with Crippen LogP contribution in [0.1, 0.15) is 55.0 Å². The molecule has 1 fully saturated rings. The van der Waals surface area contributed by atoms with Crippen LogP contribution in [0.2, 0.25) is 0 Å². The van der Waals surface area contributed by atoms with Crippen molar-refractivity contribution >= 4 is 34.6 Å². The Hall–Kier alpha value is -4.17. The minimum atomic E-state index is -0.139. The second-order valence-corrected chi connectivity index (χ2v) is 10.7. The molecule has 212 valence electrons. The van der Waals surface area contributed by atoms with Gasteiger partial charge in [0.1, 0.15) is 0 Å². The maximum Gasteiger partial charge on any atom is 0.226 e. The van der Waals surface area contributed by atoms with Gasteiger partial charge in [0.15, 0.2) is 5.11 Å². The fourth-order valence-corrected chi connectivity index (χ4v) is 6.17. The maximum absolute atomic E-state index is 12.9. The van der Waals surface area contributed by atoms with Crippen molar-refractivity contribution in [3.63, 3.8) is 0 Å². The van der Waals surface area contributed by atoms with Crippen molar-refractivity contribution < 1.29 is 4.79 Å². The molecular weight excluding hydrogens is 528 g/mol. The van der Waals surface area contributed by atoms with Crippen LogP contribution in [-0.2, 0) is 4.79 Å². The van der Waals surface area contributed by atoms with Gasteiger partial charge in [0.25, 0.3) is 0 Å². The number of carbonyl (C=O) groups is 1. The van der Waals surface area contributed by atoms with Gasteiger partial charge in [-0.25, -0.2) is 0 Å². The second kappa shape index (κ2) is 12.6. The summed E-state index contributed by atoms with van der Waals surface area (Å²) in [6.45, 7) is 11.1. The molecule has 1 aliphatic heterocycles. The third kappa shape index (κ3) is 5.98. The first kappa shape index (κ1) is 28.4. The lowest BCUT2D eigenvalue weighted by Crippen LogP contribution is -2.32. The topological polar surface area (TPSA) is 65.4 Å². The Morgan fingerprint density at radius 2 is 1.71 bits per heavy atom. The summed E-state index contributed by atoms with van der Waals surface area (Å²) in [7, 11) is 0. The third-order valence-electron chi connectivity index (χ3n) is 7.86. The SMILES string of the molecule is CCN(CC)c1ccc(-n2c(C)cc([C@@H]3[C@H](c4ccccn4)NC(=S)N3CCC(=O)Nc3ccccc3)c2C)cc1. The highest BCUT2D eigenvalue weighted by atomic mass is 32.1. The maximum atomic E-state index is 12.9. The molecule has 0 aliphatic carbocycles. The molecule has 1 aliphatic rings. The number of aryl methyl sites for hydroxylation is 1. The van der Waals surface area contributed by atoms with Gasteiger partial charge in [-0.05, 0) is 100 Å². The first-order valence-corrected chi connectivity index (χ1v) is 14.7. The highest BCUT2D eigenvalue weighted by Crippen LogP contribution is 2.41. The Morgan fingerprint density at radius 1 is 1.00 bits per heavy atom. The van der Waals surface area contributed by atoms with Crippen LogP contribution < -0.4 is 15.5 Å². The minimum absolute atomic E-state index is 0.0437. The van der Waals surface area contributed by atoms with Crippen molar-refractivity contribution in [2.75, 3.05) is 29.9 Å². The number of hydrogen-bond donors (Lipinski definition) is 2. The summed E-state index contributed by atoms with van der Waals surface area (Å²) in [5.41, 5.74) is 7.52. The molecule has 0 bridgehead atoms. The second-order valence-electron chi connectivity index (χ2n) is 10.3. The molecule has 3 heterocycles. The standard InChI is InChI=1S/C33H38N6OS/c1-5-37(6-2)26-15-17-27(18-16-26)39-23(3)22-28(24(39)4)32-31(29-14-10-11-20-34-29)36-33(41)38(32)21-19-30(40)35-25-12-8-7-9-13-25/h7-18,20,22,31-32H,5-6,19,21H2,1-4H3,(H,35,40)(H,36,41)/t31-,32+/m0/s1. The van der Waals surface area contributed by atoms with E-state index in [0.717, 1.165) is 41.5 Å². The molecule has 1 amide bonds. The smallest absolute Gasteiger partial charge is 0.226 e. The molecule has 2 atom stereocenters. The Kier molecular flexibility index (Phi) is 8.69. The summed E-state index contributed by atoms with van der Waals surface area (Å²) in [4.78, 5) is 22.0. The van der Waals surface area contributed by atoms with Crippen molar-refractivity contribution in [1.82, 2.24) is 19.8 Å². The largest absolute Gasteiger partial charge is 0.372 e. The monoisotopic (exact) mass is 566 g/mol. The molecule has 8 heteroatoms. The molecule has 0 saturated carbocycles. The van der Waals surface area contributed by atoms with E-state index in [4.69, 9.17) is 12.2 Å². The lowest BCUT2D eigenvalue weighted by Gasteiger charge is -2.28. The normalized spacial score (nSPS) is 16.5. The average molecular weight is 567 g/mol. The van der Waals surface area contributed by atoms with Crippen LogP contribution >= 0.6 is 12.2 Å². The molecule has 5 rings (SSSR count). The van der Waals surface area contributed by atoms with Gasteiger partial charge in [-0.1, -0.05) is 24.3 Å². The molecule has 7 nitrogen and oxygen atoms in total. The highest BCUT2D eigenvalue weighted by molar-refractivity contribution is 7.80. The first-order valence-electron chi connectivity index (χ1n) is 14.3. The van der Waals surface area contributed by atoms with Crippen molar-refractivity contribution in [2.45, 2.75) is 46.2 Å². The summed E-state index contributed by atoms with van der Waals surface area (Å²) < 4.78 is 2.30. The van der Waals surface area contributed by atoms with Gasteiger partial charge < -0.3 is 25.0 Å². The average Bonchev–Trinajstić information content (AvgIpc) is 3.48. The quantitative estimate of drug-likeness (QED) is 0.219. The summed E-state index contributed by atoms with van der Waals surface area (Å²) in [6.07, 6.45) is 2.13. The van der Waals surface area contributed by atoms with Crippen molar-refractivity contribution in [2.24, 2.45) is 0 Å². The van der Waals surface area contributed by atoms with Crippen LogP contribution in [0.15, 0.2) is 85.1 Å². The molecule has 2 N–H and O–H groups in total. The van der Waals surface area contributed by atoms with Gasteiger partial charge in [-0.15, -0.1) is 0 Å². The summed E-state index contributed by atoms with van der Waals surface area (Å²) in [6, 6.07) is 26.3. The summed E-state index contributed by atoms with van der Waals surface area (Å²) >= 11 is 5.86. The van der Waals surface area contributed by atoms with E-state index in [1.807, 2.05) is 54.7 Å². The van der Waals surface area contributed by atoms with Crippen LogP contribution in [-0.4, -0.2) is 45.1 Å². The molecule has 0 unspecified atom stereocenters. The Morgan fingerprint density at radius 3 is 2.37 bits per heavy atom. The molecule has 0 spiro atoms. The van der Waals surface area contributed by atoms with Crippen LogP contribution in [0.5, 0.6) is 0 Å². The van der Waals surface area contributed by atoms with Gasteiger partial charge >= 0.3 is 0 Å². The Bertz CT molecular complexity index is 1480. The van der Waals surface area contributed by atoms with Gasteiger partial charge in [-0.2, -0.15) is 0 Å².